The predicted molar refractivity (Wildman–Crippen MR) is 120 cm³/mol. The van der Waals surface area contributed by atoms with Crippen molar-refractivity contribution >= 4 is 22.8 Å². The summed E-state index contributed by atoms with van der Waals surface area (Å²) < 4.78 is 19.3. The first kappa shape index (κ1) is 20.2. The monoisotopic (exact) mass is 451 g/mol. The smallest absolute Gasteiger partial charge is 0.318 e. The van der Waals surface area contributed by atoms with Crippen molar-refractivity contribution in [3.8, 4) is 11.5 Å². The summed E-state index contributed by atoms with van der Waals surface area (Å²) >= 11 is 0. The van der Waals surface area contributed by atoms with Gasteiger partial charge in [0.25, 0.3) is 0 Å². The lowest BCUT2D eigenvalue weighted by molar-refractivity contribution is -0.135. The highest BCUT2D eigenvalue weighted by Gasteiger charge is 2.42. The predicted octanol–water partition coefficient (Wildman–Crippen LogP) is 2.40. The molecule has 0 bridgehead atoms. The Labute approximate surface area is 189 Å². The first-order valence-corrected chi connectivity index (χ1v) is 11.2. The molecule has 0 atom stereocenters. The van der Waals surface area contributed by atoms with Gasteiger partial charge in [0, 0.05) is 30.3 Å². The zero-order valence-corrected chi connectivity index (χ0v) is 18.6. The Bertz CT molecular complexity index is 1380. The summed E-state index contributed by atoms with van der Waals surface area (Å²) in [6, 6.07) is 3.67. The van der Waals surface area contributed by atoms with Crippen molar-refractivity contribution < 1.29 is 14.2 Å². The number of fused-ring (bicyclic) bond motifs is 2. The Morgan fingerprint density at radius 2 is 1.82 bits per heavy atom. The standard InChI is InChI=1S/C23H25N5O5/c1-13-7-17-18(33-12-32-17)8-15(13)25-22-24-9-16-19(26-22)28(21(30)20(29)27(16)2)14-3-5-23(6-4-14)10-31-11-23/h7-9,14H,3-6,10-12H2,1-2H3,(H,24,25,26). The number of aryl methyl sites for hydroxylation is 2. The Morgan fingerprint density at radius 1 is 1.09 bits per heavy atom. The van der Waals surface area contributed by atoms with Crippen molar-refractivity contribution in [2.24, 2.45) is 12.5 Å². The molecule has 1 spiro atoms. The molecule has 1 saturated carbocycles. The number of rotatable bonds is 3. The molecule has 0 radical (unpaired) electrons. The summed E-state index contributed by atoms with van der Waals surface area (Å²) in [4.78, 5) is 34.9. The average molecular weight is 451 g/mol. The molecule has 10 heteroatoms. The zero-order chi connectivity index (χ0) is 22.7. The van der Waals surface area contributed by atoms with Crippen molar-refractivity contribution in [3.63, 3.8) is 0 Å². The summed E-state index contributed by atoms with van der Waals surface area (Å²) in [5.41, 5.74) is 1.85. The number of nitrogens with zero attached hydrogens (tertiary/aromatic N) is 4. The lowest BCUT2D eigenvalue weighted by atomic mass is 9.71. The summed E-state index contributed by atoms with van der Waals surface area (Å²) in [7, 11) is 1.58. The molecule has 2 aliphatic heterocycles. The van der Waals surface area contributed by atoms with Crippen LogP contribution in [0.5, 0.6) is 11.5 Å². The third-order valence-electron chi connectivity index (χ3n) is 7.21. The molecule has 172 valence electrons. The number of hydrogen-bond acceptors (Lipinski definition) is 8. The molecule has 3 aliphatic rings. The van der Waals surface area contributed by atoms with Crippen LogP contribution in [0.4, 0.5) is 11.6 Å². The van der Waals surface area contributed by atoms with E-state index in [0.717, 1.165) is 50.1 Å². The van der Waals surface area contributed by atoms with Crippen LogP contribution in [0, 0.1) is 12.3 Å². The Hall–Kier alpha value is -3.40. The van der Waals surface area contributed by atoms with E-state index in [4.69, 9.17) is 19.2 Å². The van der Waals surface area contributed by atoms with Gasteiger partial charge >= 0.3 is 11.1 Å². The van der Waals surface area contributed by atoms with E-state index in [0.29, 0.717) is 28.6 Å². The third kappa shape index (κ3) is 3.19. The van der Waals surface area contributed by atoms with E-state index in [1.165, 1.54) is 4.57 Å². The fourth-order valence-electron chi connectivity index (χ4n) is 5.08. The van der Waals surface area contributed by atoms with Gasteiger partial charge in [0.15, 0.2) is 17.1 Å². The van der Waals surface area contributed by atoms with Gasteiger partial charge in [-0.05, 0) is 44.2 Å². The Balaban J connectivity index is 1.41. The number of benzene rings is 1. The summed E-state index contributed by atoms with van der Waals surface area (Å²) in [6.45, 7) is 3.72. The van der Waals surface area contributed by atoms with Crippen LogP contribution in [0.1, 0.15) is 37.3 Å². The summed E-state index contributed by atoms with van der Waals surface area (Å²) in [5.74, 6) is 1.70. The molecular formula is C23H25N5O5. The maximum Gasteiger partial charge on any atom is 0.318 e. The first-order valence-electron chi connectivity index (χ1n) is 11.2. The van der Waals surface area contributed by atoms with Crippen LogP contribution in [0.25, 0.3) is 11.2 Å². The van der Waals surface area contributed by atoms with E-state index in [9.17, 15) is 9.59 Å². The topological polar surface area (TPSA) is 110 Å². The molecule has 0 unspecified atom stereocenters. The molecule has 1 N–H and O–H groups in total. The second kappa shape index (κ2) is 7.31. The average Bonchev–Trinajstić information content (AvgIpc) is 3.24. The quantitative estimate of drug-likeness (QED) is 0.605. The van der Waals surface area contributed by atoms with Crippen LogP contribution in [0.3, 0.4) is 0 Å². The van der Waals surface area contributed by atoms with E-state index in [1.807, 2.05) is 19.1 Å². The van der Waals surface area contributed by atoms with E-state index < -0.39 is 11.1 Å². The van der Waals surface area contributed by atoms with Crippen LogP contribution < -0.4 is 25.9 Å². The third-order valence-corrected chi connectivity index (χ3v) is 7.21. The minimum absolute atomic E-state index is 0.0739. The molecule has 2 aromatic heterocycles. The molecule has 1 aliphatic carbocycles. The minimum atomic E-state index is -0.564. The number of anilines is 2. The van der Waals surface area contributed by atoms with Gasteiger partial charge in [0.1, 0.15) is 5.52 Å². The molecule has 10 nitrogen and oxygen atoms in total. The van der Waals surface area contributed by atoms with Gasteiger partial charge in [-0.3, -0.25) is 14.2 Å². The van der Waals surface area contributed by atoms with Crippen LogP contribution >= 0.6 is 0 Å². The lowest BCUT2D eigenvalue weighted by Crippen LogP contribution is -2.48. The Kier molecular flexibility index (Phi) is 4.48. The van der Waals surface area contributed by atoms with Gasteiger partial charge in [-0.25, -0.2) is 4.98 Å². The van der Waals surface area contributed by atoms with Crippen molar-refractivity contribution in [1.29, 1.82) is 0 Å². The number of ether oxygens (including phenoxy) is 3. The molecule has 1 aromatic carbocycles. The second-order valence-electron chi connectivity index (χ2n) is 9.31. The maximum absolute atomic E-state index is 13.1. The Morgan fingerprint density at radius 3 is 2.52 bits per heavy atom. The maximum atomic E-state index is 13.1. The summed E-state index contributed by atoms with van der Waals surface area (Å²) in [5, 5.41) is 3.23. The second-order valence-corrected chi connectivity index (χ2v) is 9.31. The highest BCUT2D eigenvalue weighted by Crippen LogP contribution is 2.45. The van der Waals surface area contributed by atoms with Crippen molar-refractivity contribution in [1.82, 2.24) is 19.1 Å². The lowest BCUT2D eigenvalue weighted by Gasteiger charge is -2.46. The van der Waals surface area contributed by atoms with Crippen LogP contribution in [-0.4, -0.2) is 39.1 Å². The number of hydrogen-bond donors (Lipinski definition) is 1. The fourth-order valence-corrected chi connectivity index (χ4v) is 5.08. The first-order chi connectivity index (χ1) is 15.9. The fraction of sp³-hybridized carbons (Fsp3) is 0.478. The number of nitrogens with one attached hydrogen (secondary N) is 1. The summed E-state index contributed by atoms with van der Waals surface area (Å²) in [6.07, 6.45) is 5.19. The van der Waals surface area contributed by atoms with Crippen LogP contribution in [0.2, 0.25) is 0 Å². The van der Waals surface area contributed by atoms with Crippen molar-refractivity contribution in [2.75, 3.05) is 25.3 Å². The highest BCUT2D eigenvalue weighted by molar-refractivity contribution is 5.73. The van der Waals surface area contributed by atoms with Gasteiger partial charge in [-0.1, -0.05) is 0 Å². The van der Waals surface area contributed by atoms with E-state index in [1.54, 1.807) is 17.8 Å². The minimum Gasteiger partial charge on any atom is -0.454 e. The molecule has 4 heterocycles. The molecule has 3 aromatic rings. The molecule has 2 fully saturated rings. The largest absolute Gasteiger partial charge is 0.454 e. The van der Waals surface area contributed by atoms with Gasteiger partial charge in [0.2, 0.25) is 12.7 Å². The molecule has 1 saturated heterocycles. The zero-order valence-electron chi connectivity index (χ0n) is 18.6. The van der Waals surface area contributed by atoms with Gasteiger partial charge in [0.05, 0.1) is 19.4 Å². The number of aromatic nitrogens is 4. The molecular weight excluding hydrogens is 426 g/mol. The normalized spacial score (nSPS) is 19.1. The van der Waals surface area contributed by atoms with Crippen molar-refractivity contribution in [2.45, 2.75) is 38.6 Å². The van der Waals surface area contributed by atoms with Gasteiger partial charge in [-0.2, -0.15) is 4.98 Å². The SMILES string of the molecule is Cc1cc2c(cc1Nc1ncc3c(n1)n(C1CCC4(CC1)COC4)c(=O)c(=O)n3C)OCO2. The molecule has 0 amide bonds. The van der Waals surface area contributed by atoms with E-state index in [-0.39, 0.29) is 18.2 Å². The highest BCUT2D eigenvalue weighted by atomic mass is 16.7. The van der Waals surface area contributed by atoms with E-state index >= 15 is 0 Å². The van der Waals surface area contributed by atoms with E-state index in [2.05, 4.69) is 10.3 Å². The molecule has 6 rings (SSSR count). The van der Waals surface area contributed by atoms with Crippen LogP contribution in [0.15, 0.2) is 27.9 Å². The molecule has 33 heavy (non-hydrogen) atoms. The van der Waals surface area contributed by atoms with Gasteiger partial charge in [-0.15, -0.1) is 0 Å². The van der Waals surface area contributed by atoms with Crippen molar-refractivity contribution in [3.05, 3.63) is 44.6 Å². The van der Waals surface area contributed by atoms with Gasteiger partial charge < -0.3 is 24.1 Å². The van der Waals surface area contributed by atoms with Crippen LogP contribution in [-0.2, 0) is 11.8 Å².